The van der Waals surface area contributed by atoms with Gasteiger partial charge in [-0.05, 0) is 29.7 Å². The van der Waals surface area contributed by atoms with Crippen LogP contribution in [0.3, 0.4) is 0 Å². The molecule has 0 radical (unpaired) electrons. The molecule has 0 saturated carbocycles. The van der Waals surface area contributed by atoms with Gasteiger partial charge in [0.1, 0.15) is 26.2 Å². The van der Waals surface area contributed by atoms with Crippen molar-refractivity contribution in [1.82, 2.24) is 15.1 Å². The number of carbonyl (C=O) groups excluding carboxylic acids is 3. The van der Waals surface area contributed by atoms with E-state index in [1.807, 2.05) is 6.07 Å². The smallest absolute Gasteiger partial charge is 0.255 e. The Morgan fingerprint density at radius 3 is 2.59 bits per heavy atom. The lowest BCUT2D eigenvalue weighted by Gasteiger charge is -2.32. The molecular weight excluding hydrogens is 433 g/mol. The number of nitrogens with zero attached hydrogens (tertiary/aromatic N) is 2. The minimum absolute atomic E-state index is 0.198. The third-order valence-corrected chi connectivity index (χ3v) is 6.99. The molecule has 0 aromatic heterocycles. The summed E-state index contributed by atoms with van der Waals surface area (Å²) in [6.45, 7) is 4.13. The highest BCUT2D eigenvalue weighted by Gasteiger charge is 2.40. The van der Waals surface area contributed by atoms with Crippen LogP contribution in [0.4, 0.5) is 0 Å². The SMILES string of the molecule is BC(c1ccc(COc2cccc3c2CN(C2CCC(=O)NC2=O)C3=O)cc1)N1CCOCC1. The molecule has 2 unspecified atom stereocenters. The Labute approximate surface area is 199 Å². The molecule has 3 heterocycles. The summed E-state index contributed by atoms with van der Waals surface area (Å²) in [6.07, 6.45) is 0.579. The van der Waals surface area contributed by atoms with Gasteiger partial charge in [0.2, 0.25) is 11.8 Å². The molecule has 2 aromatic carbocycles. The first-order valence-electron chi connectivity index (χ1n) is 11.8. The van der Waals surface area contributed by atoms with E-state index in [0.717, 1.165) is 37.4 Å². The fraction of sp³-hybridized carbons (Fsp3) is 0.400. The van der Waals surface area contributed by atoms with Gasteiger partial charge in [0.05, 0.1) is 19.8 Å². The first-order chi connectivity index (χ1) is 16.5. The monoisotopic (exact) mass is 461 g/mol. The zero-order valence-corrected chi connectivity index (χ0v) is 19.3. The van der Waals surface area contributed by atoms with Crippen molar-refractivity contribution in [3.05, 3.63) is 64.7 Å². The van der Waals surface area contributed by atoms with Gasteiger partial charge in [-0.25, -0.2) is 0 Å². The molecule has 3 amide bonds. The maximum atomic E-state index is 13.0. The summed E-state index contributed by atoms with van der Waals surface area (Å²) in [5.74, 6) is 0.0782. The molecule has 1 N–H and O–H groups in total. The Balaban J connectivity index is 1.24. The number of imide groups is 1. The first-order valence-corrected chi connectivity index (χ1v) is 11.8. The van der Waals surface area contributed by atoms with Crippen LogP contribution in [0, 0.1) is 0 Å². The van der Waals surface area contributed by atoms with Gasteiger partial charge in [0, 0.05) is 36.6 Å². The van der Waals surface area contributed by atoms with E-state index in [0.29, 0.717) is 36.8 Å². The van der Waals surface area contributed by atoms with Gasteiger partial charge in [-0.2, -0.15) is 0 Å². The van der Waals surface area contributed by atoms with Crippen molar-refractivity contribution in [2.24, 2.45) is 0 Å². The minimum atomic E-state index is -0.633. The molecule has 34 heavy (non-hydrogen) atoms. The second kappa shape index (κ2) is 9.60. The van der Waals surface area contributed by atoms with Crippen LogP contribution in [0.2, 0.25) is 0 Å². The predicted molar refractivity (Wildman–Crippen MR) is 127 cm³/mol. The lowest BCUT2D eigenvalue weighted by atomic mass is 9.86. The largest absolute Gasteiger partial charge is 0.489 e. The molecular formula is C25H28BN3O5. The number of carbonyl (C=O) groups is 3. The van der Waals surface area contributed by atoms with E-state index in [1.165, 1.54) is 5.56 Å². The van der Waals surface area contributed by atoms with Crippen LogP contribution in [0.5, 0.6) is 5.75 Å². The summed E-state index contributed by atoms with van der Waals surface area (Å²) >= 11 is 0. The third kappa shape index (κ3) is 4.45. The maximum Gasteiger partial charge on any atom is 0.255 e. The number of piperidine rings is 1. The van der Waals surface area contributed by atoms with Crippen LogP contribution >= 0.6 is 0 Å². The molecule has 176 valence electrons. The fourth-order valence-electron chi connectivity index (χ4n) is 4.92. The predicted octanol–water partition coefficient (Wildman–Crippen LogP) is 0.991. The molecule has 0 aliphatic carbocycles. The van der Waals surface area contributed by atoms with Gasteiger partial charge in [0.15, 0.2) is 0 Å². The number of rotatable bonds is 6. The minimum Gasteiger partial charge on any atom is -0.489 e. The summed E-state index contributed by atoms with van der Waals surface area (Å²) < 4.78 is 11.6. The molecule has 2 fully saturated rings. The molecule has 0 bridgehead atoms. The fourth-order valence-corrected chi connectivity index (χ4v) is 4.92. The number of amides is 3. The molecule has 3 aliphatic heterocycles. The Morgan fingerprint density at radius 1 is 1.09 bits per heavy atom. The van der Waals surface area contributed by atoms with Crippen molar-refractivity contribution in [1.29, 1.82) is 0 Å². The van der Waals surface area contributed by atoms with Crippen LogP contribution in [0.15, 0.2) is 42.5 Å². The Bertz CT molecular complexity index is 1100. The van der Waals surface area contributed by atoms with Crippen LogP contribution < -0.4 is 10.1 Å². The van der Waals surface area contributed by atoms with E-state index in [-0.39, 0.29) is 18.2 Å². The zero-order chi connectivity index (χ0) is 23.7. The lowest BCUT2D eigenvalue weighted by molar-refractivity contribution is -0.136. The zero-order valence-electron chi connectivity index (χ0n) is 19.3. The summed E-state index contributed by atoms with van der Waals surface area (Å²) in [4.78, 5) is 40.7. The number of nitrogens with one attached hydrogen (secondary N) is 1. The first kappa shape index (κ1) is 22.6. The second-order valence-electron chi connectivity index (χ2n) is 9.04. The molecule has 2 saturated heterocycles. The van der Waals surface area contributed by atoms with Crippen molar-refractivity contribution >= 4 is 25.6 Å². The van der Waals surface area contributed by atoms with Crippen LogP contribution in [0.1, 0.15) is 45.8 Å². The van der Waals surface area contributed by atoms with Crippen LogP contribution in [0.25, 0.3) is 0 Å². The quantitative estimate of drug-likeness (QED) is 0.510. The van der Waals surface area contributed by atoms with Crippen LogP contribution in [-0.2, 0) is 27.5 Å². The summed E-state index contributed by atoms with van der Waals surface area (Å²) in [5.41, 5.74) is 3.64. The standard InChI is InChI=1S/C25H28BN3O5/c26-23(28-10-12-33-13-11-28)17-6-4-16(5-7-17)15-34-21-3-1-2-18-19(21)14-29(25(18)32)20-8-9-22(30)27-24(20)31/h1-7,20,23H,8-15,26H2,(H,27,30,31). The highest BCUT2D eigenvalue weighted by Crippen LogP contribution is 2.34. The van der Waals surface area contributed by atoms with Crippen LogP contribution in [-0.4, -0.2) is 67.7 Å². The van der Waals surface area contributed by atoms with Crippen molar-refractivity contribution in [3.63, 3.8) is 0 Å². The molecule has 2 atom stereocenters. The van der Waals surface area contributed by atoms with Crippen molar-refractivity contribution in [3.8, 4) is 5.75 Å². The summed E-state index contributed by atoms with van der Waals surface area (Å²) in [7, 11) is 2.22. The van der Waals surface area contributed by atoms with Crippen molar-refractivity contribution in [2.45, 2.75) is 38.0 Å². The average molecular weight is 461 g/mol. The topological polar surface area (TPSA) is 88.2 Å². The Morgan fingerprint density at radius 2 is 1.85 bits per heavy atom. The van der Waals surface area contributed by atoms with Crippen molar-refractivity contribution < 1.29 is 23.9 Å². The van der Waals surface area contributed by atoms with Crippen molar-refractivity contribution in [2.75, 3.05) is 26.3 Å². The van der Waals surface area contributed by atoms with E-state index in [1.54, 1.807) is 17.0 Å². The molecule has 9 heteroatoms. The number of ether oxygens (including phenoxy) is 2. The molecule has 5 rings (SSSR count). The lowest BCUT2D eigenvalue weighted by Crippen LogP contribution is -2.52. The van der Waals surface area contributed by atoms with Gasteiger partial charge in [-0.15, -0.1) is 0 Å². The van der Waals surface area contributed by atoms with E-state index in [4.69, 9.17) is 9.47 Å². The maximum absolute atomic E-state index is 13.0. The average Bonchev–Trinajstić information content (AvgIpc) is 3.20. The Hall–Kier alpha value is -3.17. The second-order valence-corrected chi connectivity index (χ2v) is 9.04. The number of hydrogen-bond donors (Lipinski definition) is 1. The van der Waals surface area contributed by atoms with E-state index in [2.05, 4.69) is 42.3 Å². The normalized spacial score (nSPS) is 21.8. The molecule has 8 nitrogen and oxygen atoms in total. The highest BCUT2D eigenvalue weighted by molar-refractivity contribution is 6.12. The number of hydrogen-bond acceptors (Lipinski definition) is 6. The summed E-state index contributed by atoms with van der Waals surface area (Å²) in [5, 5.41) is 2.34. The van der Waals surface area contributed by atoms with Gasteiger partial charge in [-0.1, -0.05) is 30.3 Å². The Kier molecular flexibility index (Phi) is 6.39. The van der Waals surface area contributed by atoms with E-state index < -0.39 is 11.9 Å². The number of fused-ring (bicyclic) bond motifs is 1. The summed E-state index contributed by atoms with van der Waals surface area (Å²) in [6, 6.07) is 13.2. The number of morpholine rings is 1. The van der Waals surface area contributed by atoms with Gasteiger partial charge >= 0.3 is 0 Å². The molecule has 0 spiro atoms. The molecule has 3 aliphatic rings. The van der Waals surface area contributed by atoms with E-state index in [9.17, 15) is 14.4 Å². The van der Waals surface area contributed by atoms with E-state index >= 15 is 0 Å². The van der Waals surface area contributed by atoms with Gasteiger partial charge in [-0.3, -0.25) is 24.6 Å². The van der Waals surface area contributed by atoms with Gasteiger partial charge in [0.25, 0.3) is 5.91 Å². The van der Waals surface area contributed by atoms with Gasteiger partial charge < -0.3 is 14.4 Å². The highest BCUT2D eigenvalue weighted by atomic mass is 16.5. The number of benzene rings is 2. The molecule has 2 aromatic rings. The third-order valence-electron chi connectivity index (χ3n) is 6.99.